The van der Waals surface area contributed by atoms with Gasteiger partial charge in [0.25, 0.3) is 0 Å². The number of nitrogens with zero attached hydrogens (tertiary/aromatic N) is 3. The van der Waals surface area contributed by atoms with E-state index < -0.39 is 6.04 Å². The normalized spacial score (nSPS) is 11.1. The number of rotatable bonds is 9. The molecule has 0 fully saturated rings. The van der Waals surface area contributed by atoms with Gasteiger partial charge in [0, 0.05) is 32.3 Å². The standard InChI is InChI=1S/C23H28N4O2.2ClH/c1-3-27(15-19-9-11-21(29-2)12-10-19)23(28)22(24)13-20-16-26(17-25-20)14-18-7-5-4-6-8-18;;/h4-12,16-17,22H,3,13-15,24H2,1-2H3;2*1H/t22-;;/m0../s1. The van der Waals surface area contributed by atoms with Gasteiger partial charge in [-0.2, -0.15) is 0 Å². The summed E-state index contributed by atoms with van der Waals surface area (Å²) in [5, 5.41) is 0. The summed E-state index contributed by atoms with van der Waals surface area (Å²) < 4.78 is 7.19. The average molecular weight is 465 g/mol. The van der Waals surface area contributed by atoms with Crippen LogP contribution < -0.4 is 10.5 Å². The lowest BCUT2D eigenvalue weighted by atomic mass is 10.1. The van der Waals surface area contributed by atoms with Crippen molar-refractivity contribution in [2.45, 2.75) is 32.5 Å². The van der Waals surface area contributed by atoms with Gasteiger partial charge in [0.15, 0.2) is 0 Å². The molecule has 0 spiro atoms. The van der Waals surface area contributed by atoms with Gasteiger partial charge in [-0.3, -0.25) is 4.79 Å². The lowest BCUT2D eigenvalue weighted by molar-refractivity contribution is -0.133. The SMILES string of the molecule is CCN(Cc1ccc(OC)cc1)C(=O)[C@@H](N)Cc1cn(Cc2ccccc2)cn1.Cl.Cl. The number of ether oxygens (including phenoxy) is 1. The molecule has 1 atom stereocenters. The fraction of sp³-hybridized carbons (Fsp3) is 0.304. The van der Waals surface area contributed by atoms with Crippen LogP contribution in [0, 0.1) is 0 Å². The van der Waals surface area contributed by atoms with Gasteiger partial charge in [0.05, 0.1) is 25.2 Å². The minimum Gasteiger partial charge on any atom is -0.497 e. The first-order chi connectivity index (χ1) is 14.1. The summed E-state index contributed by atoms with van der Waals surface area (Å²) in [4.78, 5) is 19.0. The fourth-order valence-corrected chi connectivity index (χ4v) is 3.24. The fourth-order valence-electron chi connectivity index (χ4n) is 3.24. The summed E-state index contributed by atoms with van der Waals surface area (Å²) in [6, 6.07) is 17.3. The van der Waals surface area contributed by atoms with E-state index in [4.69, 9.17) is 10.5 Å². The number of likely N-dealkylation sites (N-methyl/N-ethyl adjacent to an activating group) is 1. The highest BCUT2D eigenvalue weighted by Crippen LogP contribution is 2.14. The third kappa shape index (κ3) is 7.58. The number of amides is 1. The van der Waals surface area contributed by atoms with E-state index in [2.05, 4.69) is 17.1 Å². The van der Waals surface area contributed by atoms with Crippen molar-refractivity contribution in [2.24, 2.45) is 5.73 Å². The van der Waals surface area contributed by atoms with Crippen molar-refractivity contribution < 1.29 is 9.53 Å². The first-order valence-electron chi connectivity index (χ1n) is 9.81. The Labute approximate surface area is 196 Å². The number of imidazole rings is 1. The first kappa shape index (κ1) is 26.5. The number of carbonyl (C=O) groups excluding carboxylic acids is 1. The summed E-state index contributed by atoms with van der Waals surface area (Å²) in [6.45, 7) is 3.83. The van der Waals surface area contributed by atoms with Crippen LogP contribution in [-0.4, -0.2) is 40.1 Å². The van der Waals surface area contributed by atoms with E-state index in [1.54, 1.807) is 18.3 Å². The minimum atomic E-state index is -0.617. The van der Waals surface area contributed by atoms with Crippen LogP contribution in [0.5, 0.6) is 5.75 Å². The summed E-state index contributed by atoms with van der Waals surface area (Å²) in [6.07, 6.45) is 4.16. The number of nitrogens with two attached hydrogens (primary N) is 1. The third-order valence-corrected chi connectivity index (χ3v) is 4.87. The number of hydrogen-bond acceptors (Lipinski definition) is 4. The molecule has 1 amide bonds. The Kier molecular flexibility index (Phi) is 11.1. The highest BCUT2D eigenvalue weighted by atomic mass is 35.5. The largest absolute Gasteiger partial charge is 0.497 e. The second kappa shape index (κ2) is 13.0. The number of aromatic nitrogens is 2. The molecule has 0 saturated heterocycles. The van der Waals surface area contributed by atoms with Gasteiger partial charge in [-0.05, 0) is 30.2 Å². The maximum Gasteiger partial charge on any atom is 0.240 e. The molecule has 3 rings (SSSR count). The van der Waals surface area contributed by atoms with E-state index in [9.17, 15) is 4.79 Å². The van der Waals surface area contributed by atoms with Crippen LogP contribution in [-0.2, 0) is 24.3 Å². The van der Waals surface area contributed by atoms with Gasteiger partial charge < -0.3 is 19.9 Å². The molecule has 2 aromatic carbocycles. The van der Waals surface area contributed by atoms with Crippen LogP contribution in [0.4, 0.5) is 0 Å². The molecule has 8 heteroatoms. The average Bonchev–Trinajstić information content (AvgIpc) is 3.19. The van der Waals surface area contributed by atoms with Crippen molar-refractivity contribution in [3.8, 4) is 5.75 Å². The molecule has 168 valence electrons. The van der Waals surface area contributed by atoms with Crippen LogP contribution >= 0.6 is 24.8 Å². The lowest BCUT2D eigenvalue weighted by Crippen LogP contribution is -2.44. The van der Waals surface area contributed by atoms with Crippen molar-refractivity contribution in [2.75, 3.05) is 13.7 Å². The Balaban J connectivity index is 0.00000240. The van der Waals surface area contributed by atoms with Gasteiger partial charge >= 0.3 is 0 Å². The van der Waals surface area contributed by atoms with Crippen LogP contribution in [0.3, 0.4) is 0 Å². The van der Waals surface area contributed by atoms with E-state index in [-0.39, 0.29) is 30.7 Å². The topological polar surface area (TPSA) is 73.4 Å². The molecule has 0 aliphatic rings. The van der Waals surface area contributed by atoms with E-state index in [1.165, 1.54) is 5.56 Å². The van der Waals surface area contributed by atoms with Gasteiger partial charge in [-0.15, -0.1) is 24.8 Å². The Morgan fingerprint density at radius 3 is 2.39 bits per heavy atom. The molecular formula is C23H30Cl2N4O2. The summed E-state index contributed by atoms with van der Waals surface area (Å²) >= 11 is 0. The Bertz CT molecular complexity index is 917. The van der Waals surface area contributed by atoms with Crippen LogP contribution in [0.2, 0.25) is 0 Å². The molecule has 31 heavy (non-hydrogen) atoms. The Morgan fingerprint density at radius 2 is 1.77 bits per heavy atom. The zero-order chi connectivity index (χ0) is 20.6. The molecule has 0 saturated carbocycles. The van der Waals surface area contributed by atoms with Crippen molar-refractivity contribution in [3.05, 3.63) is 83.9 Å². The molecule has 0 aliphatic heterocycles. The predicted molar refractivity (Wildman–Crippen MR) is 128 cm³/mol. The summed E-state index contributed by atoms with van der Waals surface area (Å²) in [5.74, 6) is 0.729. The van der Waals surface area contributed by atoms with Gasteiger partial charge in [0.2, 0.25) is 5.91 Å². The van der Waals surface area contributed by atoms with E-state index in [0.29, 0.717) is 19.5 Å². The molecule has 2 N–H and O–H groups in total. The molecule has 1 aromatic heterocycles. The second-order valence-corrected chi connectivity index (χ2v) is 7.03. The maximum absolute atomic E-state index is 12.8. The van der Waals surface area contributed by atoms with Crippen molar-refractivity contribution >= 4 is 30.7 Å². The quantitative estimate of drug-likeness (QED) is 0.523. The number of carbonyl (C=O) groups is 1. The van der Waals surface area contributed by atoms with E-state index in [0.717, 1.165) is 23.6 Å². The molecule has 6 nitrogen and oxygen atoms in total. The van der Waals surface area contributed by atoms with Crippen LogP contribution in [0.25, 0.3) is 0 Å². The molecule has 1 heterocycles. The molecule has 0 unspecified atom stereocenters. The van der Waals surface area contributed by atoms with Crippen molar-refractivity contribution in [1.29, 1.82) is 0 Å². The number of halogens is 2. The van der Waals surface area contributed by atoms with Gasteiger partial charge in [-0.1, -0.05) is 42.5 Å². The second-order valence-electron chi connectivity index (χ2n) is 7.03. The first-order valence-corrected chi connectivity index (χ1v) is 9.81. The Morgan fingerprint density at radius 1 is 1.10 bits per heavy atom. The van der Waals surface area contributed by atoms with Crippen LogP contribution in [0.15, 0.2) is 67.1 Å². The maximum atomic E-state index is 12.8. The highest BCUT2D eigenvalue weighted by Gasteiger charge is 2.21. The molecule has 3 aromatic rings. The summed E-state index contributed by atoms with van der Waals surface area (Å²) in [5.41, 5.74) is 9.29. The number of hydrogen-bond donors (Lipinski definition) is 1. The summed E-state index contributed by atoms with van der Waals surface area (Å²) in [7, 11) is 1.64. The van der Waals surface area contributed by atoms with E-state index >= 15 is 0 Å². The third-order valence-electron chi connectivity index (χ3n) is 4.87. The van der Waals surface area contributed by atoms with Crippen molar-refractivity contribution in [3.63, 3.8) is 0 Å². The number of benzene rings is 2. The predicted octanol–water partition coefficient (Wildman–Crippen LogP) is 3.70. The van der Waals surface area contributed by atoms with Gasteiger partial charge in [-0.25, -0.2) is 4.98 Å². The monoisotopic (exact) mass is 464 g/mol. The zero-order valence-electron chi connectivity index (χ0n) is 17.8. The zero-order valence-corrected chi connectivity index (χ0v) is 19.4. The molecular weight excluding hydrogens is 435 g/mol. The molecule has 0 radical (unpaired) electrons. The molecule has 0 aliphatic carbocycles. The smallest absolute Gasteiger partial charge is 0.240 e. The highest BCUT2D eigenvalue weighted by molar-refractivity contribution is 5.85. The minimum absolute atomic E-state index is 0. The molecule has 0 bridgehead atoms. The van der Waals surface area contributed by atoms with Crippen LogP contribution in [0.1, 0.15) is 23.7 Å². The Hall–Kier alpha value is -2.54. The number of methoxy groups -OCH3 is 1. The van der Waals surface area contributed by atoms with Gasteiger partial charge in [0.1, 0.15) is 5.75 Å². The van der Waals surface area contributed by atoms with E-state index in [1.807, 2.05) is 60.2 Å². The van der Waals surface area contributed by atoms with Crippen molar-refractivity contribution in [1.82, 2.24) is 14.5 Å². The lowest BCUT2D eigenvalue weighted by Gasteiger charge is -2.24.